The van der Waals surface area contributed by atoms with Gasteiger partial charge in [0, 0.05) is 18.6 Å². The number of nitrogens with zero attached hydrogens (tertiary/aromatic N) is 5. The molecule has 0 atom stereocenters. The quantitative estimate of drug-likeness (QED) is 0.423. The fraction of sp³-hybridized carbons (Fsp3) is 0.143. The van der Waals surface area contributed by atoms with E-state index < -0.39 is 35.9 Å². The molecule has 0 fully saturated rings. The van der Waals surface area contributed by atoms with Gasteiger partial charge in [0.25, 0.3) is 5.91 Å². The van der Waals surface area contributed by atoms with Crippen molar-refractivity contribution >= 4 is 17.7 Å². The van der Waals surface area contributed by atoms with Crippen LogP contribution in [0.2, 0.25) is 0 Å². The number of anilines is 1. The Hall–Kier alpha value is -4.48. The number of esters is 1. The van der Waals surface area contributed by atoms with E-state index in [0.717, 1.165) is 13.1 Å². The van der Waals surface area contributed by atoms with Crippen molar-refractivity contribution < 1.29 is 27.6 Å². The molecule has 4 aromatic rings. The molecule has 0 saturated carbocycles. The number of aromatic nitrogens is 5. The lowest BCUT2D eigenvalue weighted by molar-refractivity contribution is -0.144. The molecular formula is C21H16F2N6O4. The predicted octanol–water partition coefficient (Wildman–Crippen LogP) is 2.82. The van der Waals surface area contributed by atoms with Gasteiger partial charge in [0.1, 0.15) is 23.5 Å². The second-order valence-corrected chi connectivity index (χ2v) is 6.77. The molecule has 33 heavy (non-hydrogen) atoms. The number of halogens is 2. The summed E-state index contributed by atoms with van der Waals surface area (Å²) in [5, 5.41) is 10.5. The van der Waals surface area contributed by atoms with E-state index in [4.69, 9.17) is 4.52 Å². The lowest BCUT2D eigenvalue weighted by Crippen LogP contribution is -2.21. The first-order valence-electron chi connectivity index (χ1n) is 9.59. The lowest BCUT2D eigenvalue weighted by Gasteiger charge is -2.07. The third-order valence-corrected chi connectivity index (χ3v) is 4.40. The average molecular weight is 454 g/mol. The summed E-state index contributed by atoms with van der Waals surface area (Å²) in [7, 11) is 0. The SMILES string of the molecule is CC(=O)OCC(=O)Nc1nc(-c2cc(-c3ccon3)n(Cc3ccccc3F)n2)ncc1F. The Balaban J connectivity index is 1.67. The van der Waals surface area contributed by atoms with Gasteiger partial charge in [-0.3, -0.25) is 14.3 Å². The zero-order valence-electron chi connectivity index (χ0n) is 17.2. The van der Waals surface area contributed by atoms with Crippen LogP contribution in [0, 0.1) is 11.6 Å². The van der Waals surface area contributed by atoms with Crippen LogP contribution in [0.3, 0.4) is 0 Å². The van der Waals surface area contributed by atoms with Crippen molar-refractivity contribution in [2.24, 2.45) is 0 Å². The molecule has 4 rings (SSSR count). The van der Waals surface area contributed by atoms with E-state index >= 15 is 0 Å². The Kier molecular flexibility index (Phi) is 6.15. The molecule has 10 nitrogen and oxygen atoms in total. The molecule has 0 aliphatic carbocycles. The number of carbonyl (C=O) groups is 2. The predicted molar refractivity (Wildman–Crippen MR) is 109 cm³/mol. The maximum atomic E-state index is 14.2. The van der Waals surface area contributed by atoms with Gasteiger partial charge in [-0.2, -0.15) is 5.10 Å². The third-order valence-electron chi connectivity index (χ3n) is 4.40. The highest BCUT2D eigenvalue weighted by Crippen LogP contribution is 2.26. The van der Waals surface area contributed by atoms with Crippen LogP contribution in [0.4, 0.5) is 14.6 Å². The van der Waals surface area contributed by atoms with Gasteiger partial charge in [-0.05, 0) is 12.1 Å². The van der Waals surface area contributed by atoms with E-state index in [1.807, 2.05) is 0 Å². The highest BCUT2D eigenvalue weighted by Gasteiger charge is 2.19. The number of nitrogens with one attached hydrogen (secondary N) is 1. The minimum atomic E-state index is -0.891. The van der Waals surface area contributed by atoms with Gasteiger partial charge in [-0.25, -0.2) is 18.7 Å². The van der Waals surface area contributed by atoms with Crippen LogP contribution in [0.1, 0.15) is 12.5 Å². The molecule has 0 radical (unpaired) electrons. The van der Waals surface area contributed by atoms with Crippen molar-refractivity contribution in [3.8, 4) is 22.9 Å². The summed E-state index contributed by atoms with van der Waals surface area (Å²) in [6.07, 6.45) is 2.25. The summed E-state index contributed by atoms with van der Waals surface area (Å²) >= 11 is 0. The van der Waals surface area contributed by atoms with Crippen LogP contribution in [-0.4, -0.2) is 43.4 Å². The summed E-state index contributed by atoms with van der Waals surface area (Å²) < 4.78 is 39.3. The molecule has 3 aromatic heterocycles. The molecule has 168 valence electrons. The van der Waals surface area contributed by atoms with Gasteiger partial charge in [0.05, 0.1) is 18.4 Å². The van der Waals surface area contributed by atoms with Crippen molar-refractivity contribution in [3.63, 3.8) is 0 Å². The monoisotopic (exact) mass is 454 g/mol. The molecule has 0 unspecified atom stereocenters. The molecule has 0 spiro atoms. The van der Waals surface area contributed by atoms with Crippen LogP contribution in [0.15, 0.2) is 53.4 Å². The van der Waals surface area contributed by atoms with E-state index in [2.05, 4.69) is 30.3 Å². The number of rotatable bonds is 7. The van der Waals surface area contributed by atoms with Gasteiger partial charge in [0.2, 0.25) is 0 Å². The Bertz CT molecular complexity index is 1310. The van der Waals surface area contributed by atoms with Gasteiger partial charge in [0.15, 0.2) is 24.1 Å². The Morgan fingerprint density at radius 1 is 1.15 bits per heavy atom. The van der Waals surface area contributed by atoms with Crippen molar-refractivity contribution in [2.75, 3.05) is 11.9 Å². The number of carbonyl (C=O) groups excluding carboxylic acids is 2. The van der Waals surface area contributed by atoms with Gasteiger partial charge >= 0.3 is 5.97 Å². The normalized spacial score (nSPS) is 10.8. The van der Waals surface area contributed by atoms with Crippen molar-refractivity contribution in [1.82, 2.24) is 24.9 Å². The molecule has 0 bridgehead atoms. The molecule has 0 saturated heterocycles. The molecular weight excluding hydrogens is 438 g/mol. The second kappa shape index (κ2) is 9.34. The Morgan fingerprint density at radius 2 is 1.97 bits per heavy atom. The fourth-order valence-corrected chi connectivity index (χ4v) is 2.90. The maximum Gasteiger partial charge on any atom is 0.303 e. The van der Waals surface area contributed by atoms with Crippen LogP contribution >= 0.6 is 0 Å². The highest BCUT2D eigenvalue weighted by molar-refractivity contribution is 5.92. The summed E-state index contributed by atoms with van der Waals surface area (Å²) in [6, 6.07) is 9.42. The number of ether oxygens (including phenoxy) is 1. The molecule has 12 heteroatoms. The maximum absolute atomic E-state index is 14.2. The first-order chi connectivity index (χ1) is 15.9. The molecule has 3 heterocycles. The van der Waals surface area contributed by atoms with E-state index in [9.17, 15) is 18.4 Å². The van der Waals surface area contributed by atoms with E-state index in [1.54, 1.807) is 30.3 Å². The topological polar surface area (TPSA) is 125 Å². The number of benzene rings is 1. The largest absolute Gasteiger partial charge is 0.456 e. The van der Waals surface area contributed by atoms with Crippen LogP contribution in [0.5, 0.6) is 0 Å². The summed E-state index contributed by atoms with van der Waals surface area (Å²) in [4.78, 5) is 30.7. The van der Waals surface area contributed by atoms with Crippen LogP contribution < -0.4 is 5.32 Å². The molecule has 1 amide bonds. The van der Waals surface area contributed by atoms with Gasteiger partial charge in [-0.1, -0.05) is 23.4 Å². The van der Waals surface area contributed by atoms with Gasteiger partial charge < -0.3 is 14.6 Å². The second-order valence-electron chi connectivity index (χ2n) is 6.77. The Labute approximate surface area is 185 Å². The first-order valence-corrected chi connectivity index (χ1v) is 9.59. The first kappa shape index (κ1) is 21.7. The van der Waals surface area contributed by atoms with E-state index in [1.165, 1.54) is 17.0 Å². The van der Waals surface area contributed by atoms with Crippen molar-refractivity contribution in [3.05, 3.63) is 66.1 Å². The molecule has 1 aromatic carbocycles. The molecule has 0 aliphatic heterocycles. The Morgan fingerprint density at radius 3 is 2.70 bits per heavy atom. The third kappa shape index (κ3) is 5.06. The zero-order valence-corrected chi connectivity index (χ0v) is 17.2. The van der Waals surface area contributed by atoms with Crippen LogP contribution in [-0.2, 0) is 20.9 Å². The standard InChI is InChI=1S/C21H16F2N6O4/c1-12(30)32-11-19(31)25-20-15(23)9-24-21(26-20)17-8-18(16-6-7-33-28-16)29(27-17)10-13-4-2-3-5-14(13)22/h2-9H,10-11H2,1H3,(H,24,25,26,31). The number of hydrogen-bond acceptors (Lipinski definition) is 8. The fourth-order valence-electron chi connectivity index (χ4n) is 2.90. The smallest absolute Gasteiger partial charge is 0.303 e. The van der Waals surface area contributed by atoms with Gasteiger partial charge in [-0.15, -0.1) is 0 Å². The lowest BCUT2D eigenvalue weighted by atomic mass is 10.2. The minimum absolute atomic E-state index is 0.00350. The minimum Gasteiger partial charge on any atom is -0.456 e. The van der Waals surface area contributed by atoms with E-state index in [-0.39, 0.29) is 18.1 Å². The zero-order chi connectivity index (χ0) is 23.4. The molecule has 1 N–H and O–H groups in total. The van der Waals surface area contributed by atoms with Crippen molar-refractivity contribution in [2.45, 2.75) is 13.5 Å². The van der Waals surface area contributed by atoms with Crippen LogP contribution in [0.25, 0.3) is 22.9 Å². The number of amides is 1. The summed E-state index contributed by atoms with van der Waals surface area (Å²) in [5.74, 6) is -3.15. The summed E-state index contributed by atoms with van der Waals surface area (Å²) in [6.45, 7) is 0.616. The summed E-state index contributed by atoms with van der Waals surface area (Å²) in [5.41, 5.74) is 1.52. The van der Waals surface area contributed by atoms with Crippen molar-refractivity contribution in [1.29, 1.82) is 0 Å². The molecule has 0 aliphatic rings. The number of hydrogen-bond donors (Lipinski definition) is 1. The average Bonchev–Trinajstić information content (AvgIpc) is 3.45. The highest BCUT2D eigenvalue weighted by atomic mass is 19.1. The van der Waals surface area contributed by atoms with E-state index in [0.29, 0.717) is 17.0 Å².